The Balaban J connectivity index is 1.66. The molecular weight excluding hydrogens is 603 g/mol. The second-order valence-electron chi connectivity index (χ2n) is 11.2. The molecule has 8 rings (SSSR count). The fraction of sp³-hybridized carbons (Fsp3) is 0. The highest BCUT2D eigenvalue weighted by Crippen LogP contribution is 2.46. The molecule has 0 aliphatic rings. The van der Waals surface area contributed by atoms with E-state index in [9.17, 15) is 0 Å². The molecule has 0 saturated heterocycles. The molecule has 0 radical (unpaired) electrons. The lowest BCUT2D eigenvalue weighted by molar-refractivity contribution is 1.48. The van der Waals surface area contributed by atoms with Crippen LogP contribution in [0.25, 0.3) is 54.8 Å². The molecule has 1 heterocycles. The smallest absolute Gasteiger partial charge is 0.0801 e. The normalized spacial score (nSPS) is 11.8. The molecule has 1 aromatic heterocycles. The summed E-state index contributed by atoms with van der Waals surface area (Å²) in [5, 5.41) is 5.62. The second kappa shape index (κ2) is 11.9. The Morgan fingerprint density at radius 1 is 0.478 bits per heavy atom. The Labute approximate surface area is 277 Å². The maximum atomic E-state index is 6.49. The first-order chi connectivity index (χ1) is 22.7. The average Bonchev–Trinajstić information content (AvgIpc) is 3.11. The summed E-state index contributed by atoms with van der Waals surface area (Å²) in [4.78, 5) is 10.8. The molecule has 8 aromatic rings. The lowest BCUT2D eigenvalue weighted by Crippen LogP contribution is -2.08. The molecule has 2 nitrogen and oxygen atoms in total. The minimum Gasteiger partial charge on any atom is -0.248 e. The first-order valence-corrected chi connectivity index (χ1v) is 15.9. The van der Waals surface area contributed by atoms with Gasteiger partial charge >= 0.3 is 0 Å². The highest BCUT2D eigenvalue weighted by molar-refractivity contribution is 6.33. The van der Waals surface area contributed by atoms with Crippen LogP contribution in [-0.2, 0) is 0 Å². The number of aromatic nitrogens is 1. The van der Waals surface area contributed by atoms with E-state index in [1.807, 2.05) is 66.7 Å². The number of para-hydroxylation sites is 2. The van der Waals surface area contributed by atoms with E-state index >= 15 is 0 Å². The van der Waals surface area contributed by atoms with Crippen LogP contribution in [0.15, 0.2) is 163 Å². The molecule has 218 valence electrons. The number of fused-ring (bicyclic) bond motifs is 4. The van der Waals surface area contributed by atoms with Crippen LogP contribution in [0.2, 0.25) is 10.0 Å². The van der Waals surface area contributed by atoms with Gasteiger partial charge in [-0.2, -0.15) is 0 Å². The summed E-state index contributed by atoms with van der Waals surface area (Å²) in [6.45, 7) is 0. The third-order valence-corrected chi connectivity index (χ3v) is 8.89. The van der Waals surface area contributed by atoms with Gasteiger partial charge in [0.2, 0.25) is 0 Å². The number of hydrogen-bond donors (Lipinski definition) is 0. The van der Waals surface area contributed by atoms with E-state index < -0.39 is 0 Å². The van der Waals surface area contributed by atoms with Crippen molar-refractivity contribution in [1.82, 2.24) is 4.98 Å². The molecule has 0 spiro atoms. The predicted molar refractivity (Wildman–Crippen MR) is 196 cm³/mol. The van der Waals surface area contributed by atoms with E-state index in [0.717, 1.165) is 77.4 Å². The SMILES string of the molecule is Clc1ccc(-c2c(C(=Nc3ccccc3)c3ccccc3)c3ccccc3c3nc4ccccc4c(-c4ccc(Cl)cc4)c23)cc1. The summed E-state index contributed by atoms with van der Waals surface area (Å²) in [6.07, 6.45) is 0. The number of halogens is 2. The minimum atomic E-state index is 0.679. The highest BCUT2D eigenvalue weighted by atomic mass is 35.5. The van der Waals surface area contributed by atoms with Gasteiger partial charge in [0.1, 0.15) is 0 Å². The fourth-order valence-corrected chi connectivity index (χ4v) is 6.63. The number of aliphatic imine (C=N–C) groups is 1. The molecule has 7 aromatic carbocycles. The minimum absolute atomic E-state index is 0.679. The molecule has 0 unspecified atom stereocenters. The molecular formula is C42H26Cl2N2. The average molecular weight is 630 g/mol. The van der Waals surface area contributed by atoms with Crippen LogP contribution in [0.4, 0.5) is 5.69 Å². The molecule has 0 amide bonds. The molecule has 0 bridgehead atoms. The lowest BCUT2D eigenvalue weighted by atomic mass is 9.82. The van der Waals surface area contributed by atoms with E-state index in [1.54, 1.807) is 0 Å². The van der Waals surface area contributed by atoms with Crippen LogP contribution >= 0.6 is 23.2 Å². The number of hydrogen-bond acceptors (Lipinski definition) is 2. The fourth-order valence-electron chi connectivity index (χ4n) is 6.38. The summed E-state index contributed by atoms with van der Waals surface area (Å²) in [5.74, 6) is 0. The molecule has 0 N–H and O–H groups in total. The van der Waals surface area contributed by atoms with Gasteiger partial charge in [0.25, 0.3) is 0 Å². The summed E-state index contributed by atoms with van der Waals surface area (Å²) >= 11 is 12.9. The summed E-state index contributed by atoms with van der Waals surface area (Å²) in [7, 11) is 0. The third kappa shape index (κ3) is 5.02. The van der Waals surface area contributed by atoms with Crippen molar-refractivity contribution in [1.29, 1.82) is 0 Å². The van der Waals surface area contributed by atoms with Crippen molar-refractivity contribution in [3.8, 4) is 22.3 Å². The Morgan fingerprint density at radius 2 is 1.00 bits per heavy atom. The molecule has 4 heteroatoms. The van der Waals surface area contributed by atoms with Crippen molar-refractivity contribution in [2.75, 3.05) is 0 Å². The van der Waals surface area contributed by atoms with Gasteiger partial charge in [-0.25, -0.2) is 9.98 Å². The van der Waals surface area contributed by atoms with Gasteiger partial charge in [0.15, 0.2) is 0 Å². The van der Waals surface area contributed by atoms with E-state index in [0.29, 0.717) is 10.0 Å². The zero-order valence-electron chi connectivity index (χ0n) is 24.7. The first-order valence-electron chi connectivity index (χ1n) is 15.1. The van der Waals surface area contributed by atoms with Crippen LogP contribution < -0.4 is 0 Å². The van der Waals surface area contributed by atoms with Crippen LogP contribution in [0.5, 0.6) is 0 Å². The van der Waals surface area contributed by atoms with Crippen LogP contribution in [0, 0.1) is 0 Å². The number of pyridine rings is 1. The van der Waals surface area contributed by atoms with E-state index in [1.165, 1.54) is 0 Å². The summed E-state index contributed by atoms with van der Waals surface area (Å²) in [5.41, 5.74) is 9.91. The first kappa shape index (κ1) is 28.2. The zero-order valence-corrected chi connectivity index (χ0v) is 26.2. The monoisotopic (exact) mass is 628 g/mol. The second-order valence-corrected chi connectivity index (χ2v) is 12.1. The van der Waals surface area contributed by atoms with Crippen molar-refractivity contribution >= 4 is 67.2 Å². The van der Waals surface area contributed by atoms with Gasteiger partial charge in [-0.1, -0.05) is 138 Å². The maximum absolute atomic E-state index is 6.49. The predicted octanol–water partition coefficient (Wildman–Crippen LogP) is 12.4. The van der Waals surface area contributed by atoms with Gasteiger partial charge in [-0.3, -0.25) is 0 Å². The van der Waals surface area contributed by atoms with E-state index in [-0.39, 0.29) is 0 Å². The molecule has 0 saturated carbocycles. The maximum Gasteiger partial charge on any atom is 0.0801 e. The van der Waals surface area contributed by atoms with Gasteiger partial charge in [-0.05, 0) is 59.0 Å². The number of rotatable bonds is 5. The van der Waals surface area contributed by atoms with E-state index in [2.05, 4.69) is 91.0 Å². The number of nitrogens with zero attached hydrogens (tertiary/aromatic N) is 2. The topological polar surface area (TPSA) is 25.2 Å². The molecule has 0 atom stereocenters. The Bertz CT molecular complexity index is 2400. The van der Waals surface area contributed by atoms with Gasteiger partial charge in [0, 0.05) is 48.5 Å². The lowest BCUT2D eigenvalue weighted by Gasteiger charge is -2.23. The van der Waals surface area contributed by atoms with Crippen molar-refractivity contribution in [3.63, 3.8) is 0 Å². The highest BCUT2D eigenvalue weighted by Gasteiger charge is 2.25. The van der Waals surface area contributed by atoms with Gasteiger partial charge < -0.3 is 0 Å². The number of benzene rings is 7. The summed E-state index contributed by atoms with van der Waals surface area (Å²) in [6, 6.07) is 53.7. The molecule has 0 aliphatic carbocycles. The van der Waals surface area contributed by atoms with Gasteiger partial charge in [-0.15, -0.1) is 0 Å². The van der Waals surface area contributed by atoms with Crippen molar-refractivity contribution in [2.24, 2.45) is 4.99 Å². The zero-order chi connectivity index (χ0) is 31.0. The van der Waals surface area contributed by atoms with E-state index in [4.69, 9.17) is 33.2 Å². The Kier molecular flexibility index (Phi) is 7.30. The summed E-state index contributed by atoms with van der Waals surface area (Å²) < 4.78 is 0. The van der Waals surface area contributed by atoms with Crippen molar-refractivity contribution < 1.29 is 0 Å². The largest absolute Gasteiger partial charge is 0.248 e. The van der Waals surface area contributed by atoms with Crippen molar-refractivity contribution in [3.05, 3.63) is 179 Å². The third-order valence-electron chi connectivity index (χ3n) is 8.39. The van der Waals surface area contributed by atoms with Crippen molar-refractivity contribution in [2.45, 2.75) is 0 Å². The van der Waals surface area contributed by atoms with Crippen LogP contribution in [0.3, 0.4) is 0 Å². The molecule has 0 aliphatic heterocycles. The standard InChI is InChI=1S/C42H26Cl2N2/c43-30-23-19-27(20-24-30)37-35-17-9-10-18-36(35)46-42-34-16-8-7-15-33(34)39(38(40(37)42)28-21-25-31(44)26-22-28)41(29-11-3-1-4-12-29)45-32-13-5-2-6-14-32/h1-26H. The quantitative estimate of drug-likeness (QED) is 0.106. The Hall–Kier alpha value is -5.28. The van der Waals surface area contributed by atoms with Crippen LogP contribution in [0.1, 0.15) is 11.1 Å². The molecule has 0 fully saturated rings. The molecule has 46 heavy (non-hydrogen) atoms. The Morgan fingerprint density at radius 3 is 1.65 bits per heavy atom. The van der Waals surface area contributed by atoms with Gasteiger partial charge in [0.05, 0.1) is 22.4 Å². The van der Waals surface area contributed by atoms with Crippen LogP contribution in [-0.4, -0.2) is 10.7 Å².